The maximum atomic E-state index is 11.7. The summed E-state index contributed by atoms with van der Waals surface area (Å²) in [7, 11) is 1.44. The summed E-state index contributed by atoms with van der Waals surface area (Å²) in [6.45, 7) is 8.99. The van der Waals surface area contributed by atoms with Crippen LogP contribution in [-0.4, -0.2) is 44.2 Å². The molecule has 5 nitrogen and oxygen atoms in total. The first-order valence-electron chi connectivity index (χ1n) is 7.41. The largest absolute Gasteiger partial charge is 0.469 e. The van der Waals surface area contributed by atoms with Gasteiger partial charge in [-0.15, -0.1) is 0 Å². The van der Waals surface area contributed by atoms with E-state index < -0.39 is 5.41 Å². The molecule has 0 saturated carbocycles. The first-order chi connectivity index (χ1) is 9.92. The zero-order valence-electron chi connectivity index (χ0n) is 13.3. The van der Waals surface area contributed by atoms with E-state index in [2.05, 4.69) is 4.90 Å². The fourth-order valence-corrected chi connectivity index (χ4v) is 2.52. The fraction of sp³-hybridized carbons (Fsp3) is 0.688. The van der Waals surface area contributed by atoms with Crippen LogP contribution in [0.25, 0.3) is 0 Å². The average molecular weight is 295 g/mol. The van der Waals surface area contributed by atoms with Crippen molar-refractivity contribution in [3.8, 4) is 0 Å². The number of ether oxygens (including phenoxy) is 2. The Kier molecular flexibility index (Phi) is 5.06. The second kappa shape index (κ2) is 6.62. The highest BCUT2D eigenvalue weighted by Crippen LogP contribution is 2.26. The summed E-state index contributed by atoms with van der Waals surface area (Å²) in [6.07, 6.45) is 0.748. The van der Waals surface area contributed by atoms with E-state index in [4.69, 9.17) is 13.9 Å². The van der Waals surface area contributed by atoms with E-state index in [1.807, 2.05) is 32.9 Å². The number of morpholine rings is 1. The van der Waals surface area contributed by atoms with Gasteiger partial charge in [0.1, 0.15) is 17.6 Å². The molecule has 1 atom stereocenters. The molecule has 2 heterocycles. The van der Waals surface area contributed by atoms with Crippen LogP contribution in [0.15, 0.2) is 16.5 Å². The van der Waals surface area contributed by atoms with Crippen LogP contribution in [0.1, 0.15) is 37.9 Å². The summed E-state index contributed by atoms with van der Waals surface area (Å²) in [4.78, 5) is 14.0. The highest BCUT2D eigenvalue weighted by atomic mass is 16.5. The Hall–Kier alpha value is -1.33. The van der Waals surface area contributed by atoms with Crippen molar-refractivity contribution < 1.29 is 18.7 Å². The van der Waals surface area contributed by atoms with Crippen LogP contribution in [0.2, 0.25) is 0 Å². The lowest BCUT2D eigenvalue weighted by molar-refractivity contribution is -0.151. The van der Waals surface area contributed by atoms with Crippen molar-refractivity contribution in [1.29, 1.82) is 0 Å². The quantitative estimate of drug-likeness (QED) is 0.781. The molecule has 1 fully saturated rings. The smallest absolute Gasteiger partial charge is 0.311 e. The number of aryl methyl sites for hydroxylation is 1. The molecular weight excluding hydrogens is 270 g/mol. The van der Waals surface area contributed by atoms with Gasteiger partial charge in [0.05, 0.1) is 19.1 Å². The van der Waals surface area contributed by atoms with Gasteiger partial charge in [-0.25, -0.2) is 0 Å². The Morgan fingerprint density at radius 1 is 1.48 bits per heavy atom. The summed E-state index contributed by atoms with van der Waals surface area (Å²) in [5.41, 5.74) is -0.455. The van der Waals surface area contributed by atoms with Gasteiger partial charge in [0.2, 0.25) is 0 Å². The third-order valence-electron chi connectivity index (χ3n) is 4.02. The lowest BCUT2D eigenvalue weighted by Crippen LogP contribution is -2.41. The minimum Gasteiger partial charge on any atom is -0.469 e. The number of hydrogen-bond acceptors (Lipinski definition) is 5. The molecule has 0 unspecified atom stereocenters. The number of methoxy groups -OCH3 is 1. The van der Waals surface area contributed by atoms with Crippen molar-refractivity contribution in [3.63, 3.8) is 0 Å². The number of rotatable bonds is 5. The van der Waals surface area contributed by atoms with E-state index in [0.29, 0.717) is 6.61 Å². The number of carbonyl (C=O) groups excluding carboxylic acids is 1. The lowest BCUT2D eigenvalue weighted by atomic mass is 9.89. The highest BCUT2D eigenvalue weighted by molar-refractivity contribution is 5.75. The van der Waals surface area contributed by atoms with Crippen LogP contribution in [-0.2, 0) is 14.3 Å². The minimum atomic E-state index is -0.455. The molecule has 118 valence electrons. The van der Waals surface area contributed by atoms with E-state index >= 15 is 0 Å². The van der Waals surface area contributed by atoms with Crippen molar-refractivity contribution in [1.82, 2.24) is 4.90 Å². The molecule has 1 saturated heterocycles. The predicted molar refractivity (Wildman–Crippen MR) is 79.0 cm³/mol. The topological polar surface area (TPSA) is 51.9 Å². The maximum Gasteiger partial charge on any atom is 0.311 e. The van der Waals surface area contributed by atoms with Crippen LogP contribution in [0.4, 0.5) is 0 Å². The third-order valence-corrected chi connectivity index (χ3v) is 4.02. The van der Waals surface area contributed by atoms with Gasteiger partial charge < -0.3 is 13.9 Å². The Labute approximate surface area is 126 Å². The van der Waals surface area contributed by atoms with Crippen molar-refractivity contribution in [2.75, 3.05) is 33.4 Å². The molecule has 1 aliphatic heterocycles. The number of hydrogen-bond donors (Lipinski definition) is 0. The van der Waals surface area contributed by atoms with Gasteiger partial charge in [0.15, 0.2) is 0 Å². The first-order valence-corrected chi connectivity index (χ1v) is 7.41. The summed E-state index contributed by atoms with van der Waals surface area (Å²) in [5.74, 6) is 1.62. The Morgan fingerprint density at radius 2 is 2.24 bits per heavy atom. The molecule has 5 heteroatoms. The summed E-state index contributed by atoms with van der Waals surface area (Å²) >= 11 is 0. The molecule has 2 rings (SSSR count). The zero-order chi connectivity index (χ0) is 15.5. The molecule has 0 N–H and O–H groups in total. The lowest BCUT2D eigenvalue weighted by Gasteiger charge is -2.33. The van der Waals surface area contributed by atoms with Crippen LogP contribution in [0.3, 0.4) is 0 Å². The minimum absolute atomic E-state index is 0.0197. The van der Waals surface area contributed by atoms with Gasteiger partial charge in [-0.3, -0.25) is 9.69 Å². The van der Waals surface area contributed by atoms with E-state index in [0.717, 1.165) is 37.6 Å². The van der Waals surface area contributed by atoms with Crippen molar-refractivity contribution in [3.05, 3.63) is 23.7 Å². The molecule has 1 aliphatic rings. The van der Waals surface area contributed by atoms with Gasteiger partial charge in [0, 0.05) is 13.1 Å². The van der Waals surface area contributed by atoms with Crippen molar-refractivity contribution >= 4 is 5.97 Å². The number of carbonyl (C=O) groups is 1. The fourth-order valence-electron chi connectivity index (χ4n) is 2.52. The number of esters is 1. The molecule has 1 aromatic heterocycles. The summed E-state index contributed by atoms with van der Waals surface area (Å²) in [6, 6.07) is 3.93. The molecule has 0 aromatic carbocycles. The van der Waals surface area contributed by atoms with Crippen LogP contribution < -0.4 is 0 Å². The number of nitrogens with zero attached hydrogens (tertiary/aromatic N) is 1. The van der Waals surface area contributed by atoms with Gasteiger partial charge >= 0.3 is 5.97 Å². The molecule has 0 radical (unpaired) electrons. The van der Waals surface area contributed by atoms with Crippen LogP contribution in [0, 0.1) is 12.3 Å². The van der Waals surface area contributed by atoms with Crippen molar-refractivity contribution in [2.45, 2.75) is 33.3 Å². The average Bonchev–Trinajstić information content (AvgIpc) is 2.91. The predicted octanol–water partition coefficient (Wildman–Crippen LogP) is 2.55. The second-order valence-corrected chi connectivity index (χ2v) is 6.23. The van der Waals surface area contributed by atoms with E-state index in [1.54, 1.807) is 0 Å². The first kappa shape index (κ1) is 16.0. The molecule has 0 bridgehead atoms. The normalized spacial score (nSPS) is 20.5. The van der Waals surface area contributed by atoms with Crippen LogP contribution >= 0.6 is 0 Å². The third kappa shape index (κ3) is 4.08. The van der Waals surface area contributed by atoms with E-state index in [1.165, 1.54) is 7.11 Å². The summed E-state index contributed by atoms with van der Waals surface area (Å²) < 4.78 is 16.3. The Bertz CT molecular complexity index is 480. The molecular formula is C16H25NO4. The second-order valence-electron chi connectivity index (χ2n) is 6.23. The number of furan rings is 1. The van der Waals surface area contributed by atoms with Gasteiger partial charge in [-0.2, -0.15) is 0 Å². The molecule has 21 heavy (non-hydrogen) atoms. The van der Waals surface area contributed by atoms with Gasteiger partial charge in [-0.1, -0.05) is 0 Å². The highest BCUT2D eigenvalue weighted by Gasteiger charge is 2.31. The molecule has 0 amide bonds. The van der Waals surface area contributed by atoms with E-state index in [9.17, 15) is 4.79 Å². The van der Waals surface area contributed by atoms with Gasteiger partial charge in [0.25, 0.3) is 0 Å². The molecule has 1 aromatic rings. The Morgan fingerprint density at radius 3 is 2.86 bits per heavy atom. The Balaban J connectivity index is 1.88. The monoisotopic (exact) mass is 295 g/mol. The molecule has 0 aliphatic carbocycles. The SMILES string of the molecule is COC(=O)C(C)(C)CCN1CCO[C@@H](c2ccc(C)o2)C1. The zero-order valence-corrected chi connectivity index (χ0v) is 13.3. The van der Waals surface area contributed by atoms with Crippen LogP contribution in [0.5, 0.6) is 0 Å². The van der Waals surface area contributed by atoms with Gasteiger partial charge in [-0.05, 0) is 45.9 Å². The van der Waals surface area contributed by atoms with Crippen molar-refractivity contribution in [2.24, 2.45) is 5.41 Å². The van der Waals surface area contributed by atoms with E-state index in [-0.39, 0.29) is 12.1 Å². The molecule has 0 spiro atoms. The standard InChI is InChI=1S/C16H25NO4/c1-12-5-6-13(21-12)14-11-17(9-10-20-14)8-7-16(2,3)15(18)19-4/h5-6,14H,7-11H2,1-4H3/t14-/m1/s1. The maximum absolute atomic E-state index is 11.7. The summed E-state index contributed by atoms with van der Waals surface area (Å²) in [5, 5.41) is 0.